The molecule has 1 fully saturated rings. The van der Waals surface area contributed by atoms with Crippen LogP contribution in [0.25, 0.3) is 0 Å². The van der Waals surface area contributed by atoms with Gasteiger partial charge in [-0.05, 0) is 25.5 Å². The van der Waals surface area contributed by atoms with E-state index in [1.165, 1.54) is 22.2 Å². The van der Waals surface area contributed by atoms with E-state index < -0.39 is 15.9 Å². The van der Waals surface area contributed by atoms with Crippen molar-refractivity contribution >= 4 is 21.6 Å². The first-order valence-electron chi connectivity index (χ1n) is 10.2. The molecule has 0 atom stereocenters. The Balaban J connectivity index is 1.81. The number of rotatable bonds is 8. The van der Waals surface area contributed by atoms with Gasteiger partial charge in [-0.3, -0.25) is 9.48 Å². The molecule has 9 nitrogen and oxygen atoms in total. The molecule has 1 N–H and O–H groups in total. The predicted molar refractivity (Wildman–Crippen MR) is 114 cm³/mol. The summed E-state index contributed by atoms with van der Waals surface area (Å²) in [6.07, 6.45) is 2.29. The average Bonchev–Trinajstić information content (AvgIpc) is 3.19. The Morgan fingerprint density at radius 1 is 1.17 bits per heavy atom. The van der Waals surface area contributed by atoms with Gasteiger partial charge < -0.3 is 15.0 Å². The first-order chi connectivity index (χ1) is 14.4. The van der Waals surface area contributed by atoms with Gasteiger partial charge in [0, 0.05) is 46.0 Å². The minimum atomic E-state index is -3.89. The molecule has 2 heterocycles. The van der Waals surface area contributed by atoms with Crippen LogP contribution in [0.3, 0.4) is 0 Å². The summed E-state index contributed by atoms with van der Waals surface area (Å²) in [5.41, 5.74) is 1.03. The average molecular weight is 436 g/mol. The van der Waals surface area contributed by atoms with E-state index in [1.54, 1.807) is 0 Å². The molecule has 0 aliphatic carbocycles. The maximum atomic E-state index is 13.3. The lowest BCUT2D eigenvalue weighted by Crippen LogP contribution is -2.49. The maximum Gasteiger partial charge on any atom is 0.263 e. The van der Waals surface area contributed by atoms with Crippen LogP contribution in [0.2, 0.25) is 0 Å². The second-order valence-electron chi connectivity index (χ2n) is 6.98. The van der Waals surface area contributed by atoms with Gasteiger partial charge in [-0.2, -0.15) is 9.40 Å². The molecule has 164 valence electrons. The predicted octanol–water partition coefficient (Wildman–Crippen LogP) is 1.56. The van der Waals surface area contributed by atoms with Crippen LogP contribution in [0.5, 0.6) is 5.75 Å². The maximum absolute atomic E-state index is 13.3. The van der Waals surface area contributed by atoms with E-state index in [0.717, 1.165) is 17.9 Å². The van der Waals surface area contributed by atoms with Crippen molar-refractivity contribution in [1.29, 1.82) is 0 Å². The number of para-hydroxylation sites is 2. The fourth-order valence-corrected chi connectivity index (χ4v) is 5.04. The first kappa shape index (κ1) is 22.1. The summed E-state index contributed by atoms with van der Waals surface area (Å²) in [4.78, 5) is 14.4. The number of hydrogen-bond acceptors (Lipinski definition) is 6. The van der Waals surface area contributed by atoms with Crippen molar-refractivity contribution < 1.29 is 17.9 Å². The van der Waals surface area contributed by atoms with E-state index in [4.69, 9.17) is 4.74 Å². The van der Waals surface area contributed by atoms with Crippen molar-refractivity contribution in [3.05, 3.63) is 36.0 Å². The number of aryl methyl sites for hydroxylation is 1. The Morgan fingerprint density at radius 2 is 1.87 bits per heavy atom. The number of carbonyl (C=O) groups is 1. The minimum absolute atomic E-state index is 0.0788. The van der Waals surface area contributed by atoms with Crippen molar-refractivity contribution in [1.82, 2.24) is 19.4 Å². The molecule has 0 unspecified atom stereocenters. The molecule has 30 heavy (non-hydrogen) atoms. The van der Waals surface area contributed by atoms with Crippen molar-refractivity contribution in [2.24, 2.45) is 0 Å². The molecule has 1 saturated heterocycles. The van der Waals surface area contributed by atoms with Crippen LogP contribution in [-0.4, -0.2) is 68.2 Å². The quantitative estimate of drug-likeness (QED) is 0.676. The van der Waals surface area contributed by atoms with Gasteiger partial charge in [0.2, 0.25) is 5.03 Å². The van der Waals surface area contributed by atoms with Crippen molar-refractivity contribution in [2.75, 3.05) is 44.7 Å². The number of nitrogens with zero attached hydrogens (tertiary/aromatic N) is 4. The lowest BCUT2D eigenvalue weighted by atomic mass is 10.2. The third-order valence-electron chi connectivity index (χ3n) is 4.98. The summed E-state index contributed by atoms with van der Waals surface area (Å²) in [5.74, 6) is 0.330. The molecule has 0 bridgehead atoms. The van der Waals surface area contributed by atoms with Gasteiger partial charge in [-0.25, -0.2) is 8.42 Å². The lowest BCUT2D eigenvalue weighted by molar-refractivity contribution is 0.0959. The molecule has 0 spiro atoms. The zero-order valence-corrected chi connectivity index (χ0v) is 18.5. The van der Waals surface area contributed by atoms with Gasteiger partial charge in [-0.15, -0.1) is 0 Å². The summed E-state index contributed by atoms with van der Waals surface area (Å²) in [5, 5.41) is 6.54. The second-order valence-corrected chi connectivity index (χ2v) is 8.84. The summed E-state index contributed by atoms with van der Waals surface area (Å²) >= 11 is 0. The number of carbonyl (C=O) groups excluding carboxylic acids is 1. The highest BCUT2D eigenvalue weighted by atomic mass is 32.2. The number of benzene rings is 1. The van der Waals surface area contributed by atoms with Crippen LogP contribution in [-0.2, 0) is 16.6 Å². The molecule has 10 heteroatoms. The SMILES string of the molecule is CCCn1cc(C(=O)NC)c(S(=O)(=O)N2CCN(c3ccccc3OCC)CC2)n1. The zero-order chi connectivity index (χ0) is 21.7. The van der Waals surface area contributed by atoms with Crippen LogP contribution in [0, 0.1) is 0 Å². The third-order valence-corrected chi connectivity index (χ3v) is 6.82. The van der Waals surface area contributed by atoms with Crippen LogP contribution in [0.15, 0.2) is 35.5 Å². The Hall–Kier alpha value is -2.59. The number of ether oxygens (including phenoxy) is 1. The number of anilines is 1. The second kappa shape index (κ2) is 9.48. The number of aromatic nitrogens is 2. The highest BCUT2D eigenvalue weighted by Crippen LogP contribution is 2.30. The van der Waals surface area contributed by atoms with Crippen LogP contribution in [0.1, 0.15) is 30.6 Å². The van der Waals surface area contributed by atoms with Crippen LogP contribution in [0.4, 0.5) is 5.69 Å². The number of amides is 1. The molecule has 1 aliphatic heterocycles. The first-order valence-corrected chi connectivity index (χ1v) is 11.6. The van der Waals surface area contributed by atoms with E-state index in [9.17, 15) is 13.2 Å². The largest absolute Gasteiger partial charge is 0.492 e. The third kappa shape index (κ3) is 4.44. The molecule has 1 aromatic carbocycles. The molecule has 3 rings (SSSR count). The fourth-order valence-electron chi connectivity index (χ4n) is 3.52. The van der Waals surface area contributed by atoms with Gasteiger partial charge in [0.15, 0.2) is 0 Å². The molecule has 2 aromatic rings. The topological polar surface area (TPSA) is 96.8 Å². The van der Waals surface area contributed by atoms with Gasteiger partial charge in [0.25, 0.3) is 15.9 Å². The standard InChI is InChI=1S/C20H29N5O4S/c1-4-10-24-15-16(19(26)21-3)20(22-24)30(27,28)25-13-11-23(12-14-25)17-8-6-7-9-18(17)29-5-2/h6-9,15H,4-5,10-14H2,1-3H3,(H,21,26). The summed E-state index contributed by atoms with van der Waals surface area (Å²) in [7, 11) is -2.41. The van der Waals surface area contributed by atoms with Crippen molar-refractivity contribution in [3.63, 3.8) is 0 Å². The van der Waals surface area contributed by atoms with Crippen LogP contribution < -0.4 is 15.0 Å². The Morgan fingerprint density at radius 3 is 2.50 bits per heavy atom. The monoisotopic (exact) mass is 435 g/mol. The fraction of sp³-hybridized carbons (Fsp3) is 0.500. The molecule has 0 saturated carbocycles. The van der Waals surface area contributed by atoms with Crippen molar-refractivity contribution in [2.45, 2.75) is 31.8 Å². The minimum Gasteiger partial charge on any atom is -0.492 e. The molecular weight excluding hydrogens is 406 g/mol. The summed E-state index contributed by atoms with van der Waals surface area (Å²) in [6.45, 7) is 6.66. The van der Waals surface area contributed by atoms with E-state index >= 15 is 0 Å². The summed E-state index contributed by atoms with van der Waals surface area (Å²) < 4.78 is 35.2. The zero-order valence-electron chi connectivity index (χ0n) is 17.7. The highest BCUT2D eigenvalue weighted by Gasteiger charge is 2.35. The van der Waals surface area contributed by atoms with E-state index in [1.807, 2.05) is 38.1 Å². The number of nitrogens with one attached hydrogen (secondary N) is 1. The van der Waals surface area contributed by atoms with Gasteiger partial charge in [0.05, 0.1) is 17.9 Å². The molecule has 1 aromatic heterocycles. The van der Waals surface area contributed by atoms with Crippen LogP contribution >= 0.6 is 0 Å². The number of piperazine rings is 1. The molecular formula is C20H29N5O4S. The normalized spacial score (nSPS) is 15.2. The van der Waals surface area contributed by atoms with Crippen molar-refractivity contribution in [3.8, 4) is 5.75 Å². The summed E-state index contributed by atoms with van der Waals surface area (Å²) in [6, 6.07) is 7.75. The lowest BCUT2D eigenvalue weighted by Gasteiger charge is -2.35. The molecule has 1 aliphatic rings. The highest BCUT2D eigenvalue weighted by molar-refractivity contribution is 7.89. The van der Waals surface area contributed by atoms with E-state index in [2.05, 4.69) is 15.3 Å². The van der Waals surface area contributed by atoms with Gasteiger partial charge >= 0.3 is 0 Å². The Bertz CT molecular complexity index is 981. The molecule has 1 amide bonds. The van der Waals surface area contributed by atoms with E-state index in [0.29, 0.717) is 39.3 Å². The van der Waals surface area contributed by atoms with E-state index in [-0.39, 0.29) is 10.6 Å². The number of hydrogen-bond donors (Lipinski definition) is 1. The van der Waals surface area contributed by atoms with Gasteiger partial charge in [-0.1, -0.05) is 19.1 Å². The Kier molecular flexibility index (Phi) is 6.99. The Labute approximate surface area is 177 Å². The van der Waals surface area contributed by atoms with Gasteiger partial charge in [0.1, 0.15) is 5.75 Å². The smallest absolute Gasteiger partial charge is 0.263 e. The molecule has 0 radical (unpaired) electrons. The number of sulfonamides is 1.